The Bertz CT molecular complexity index is 1570. The molecule has 1 atom stereocenters. The van der Waals surface area contributed by atoms with Crippen LogP contribution in [0, 0.1) is 5.92 Å². The maximum atomic E-state index is 14.1. The lowest BCUT2D eigenvalue weighted by Crippen LogP contribution is -2.41. The minimum absolute atomic E-state index is 0.110. The van der Waals surface area contributed by atoms with Crippen LogP contribution in [0.1, 0.15) is 23.4 Å². The fraction of sp³-hybridized carbons (Fsp3) is 0.419. The van der Waals surface area contributed by atoms with Crippen LogP contribution in [0.5, 0.6) is 11.5 Å². The predicted molar refractivity (Wildman–Crippen MR) is 154 cm³/mol. The number of imidazole rings is 1. The number of rotatable bonds is 4. The zero-order chi connectivity index (χ0) is 28.5. The van der Waals surface area contributed by atoms with Crippen LogP contribution >= 0.6 is 0 Å². The first-order valence-electron chi connectivity index (χ1n) is 14.6. The third-order valence-electron chi connectivity index (χ3n) is 8.35. The fourth-order valence-corrected chi connectivity index (χ4v) is 6.19. The van der Waals surface area contributed by atoms with Crippen LogP contribution in [0.3, 0.4) is 0 Å². The molecule has 11 nitrogen and oxygen atoms in total. The number of hydrogen-bond donors (Lipinski definition) is 0. The smallest absolute Gasteiger partial charge is 0.227 e. The summed E-state index contributed by atoms with van der Waals surface area (Å²) in [6, 6.07) is 12.5. The highest BCUT2D eigenvalue weighted by atomic mass is 16.5. The number of aryl methyl sites for hydroxylation is 1. The molecule has 1 fully saturated rings. The number of ether oxygens (including phenoxy) is 3. The number of methoxy groups -OCH3 is 1. The van der Waals surface area contributed by atoms with Crippen molar-refractivity contribution < 1.29 is 19.0 Å². The van der Waals surface area contributed by atoms with Gasteiger partial charge in [-0.3, -0.25) is 14.3 Å². The Morgan fingerprint density at radius 2 is 1.98 bits per heavy atom. The first-order chi connectivity index (χ1) is 20.6. The Kier molecular flexibility index (Phi) is 7.35. The van der Waals surface area contributed by atoms with E-state index < -0.39 is 0 Å². The summed E-state index contributed by atoms with van der Waals surface area (Å²) in [5.41, 5.74) is 4.21. The summed E-state index contributed by atoms with van der Waals surface area (Å²) in [5.74, 6) is 2.97. The maximum Gasteiger partial charge on any atom is 0.227 e. The van der Waals surface area contributed by atoms with Crippen LogP contribution in [-0.4, -0.2) is 86.6 Å². The van der Waals surface area contributed by atoms with E-state index in [1.165, 1.54) is 5.56 Å². The average Bonchev–Trinajstić information content (AvgIpc) is 3.70. The van der Waals surface area contributed by atoms with E-state index in [0.29, 0.717) is 37.7 Å². The number of amides is 1. The van der Waals surface area contributed by atoms with E-state index in [4.69, 9.17) is 19.2 Å². The van der Waals surface area contributed by atoms with E-state index in [2.05, 4.69) is 37.7 Å². The van der Waals surface area contributed by atoms with Crippen molar-refractivity contribution in [3.8, 4) is 28.6 Å². The van der Waals surface area contributed by atoms with E-state index in [0.717, 1.165) is 74.2 Å². The largest absolute Gasteiger partial charge is 0.493 e. The van der Waals surface area contributed by atoms with E-state index in [-0.39, 0.29) is 11.8 Å². The van der Waals surface area contributed by atoms with Crippen molar-refractivity contribution in [2.75, 3.05) is 46.6 Å². The molecule has 0 radical (unpaired) electrons. The Hall–Kier alpha value is -4.22. The van der Waals surface area contributed by atoms with E-state index in [1.54, 1.807) is 13.4 Å². The molecule has 2 aromatic heterocycles. The standard InChI is InChI=1S/C31H35N7O4/c1-40-27-4-2-24-17-28(27)42-13-10-36(31(39)25-3-5-29-33-21-34-38(29)20-25)19-23-14-22(18-35-8-11-41-12-9-35)15-26(16-23)37-7-6-32-30(24)37/h2,4,6-7,14-17,21,25H,3,5,8-13,18-20H2,1H3. The molecule has 11 heteroatoms. The van der Waals surface area contributed by atoms with Gasteiger partial charge in [0.05, 0.1) is 39.3 Å². The Balaban J connectivity index is 1.28. The molecule has 2 aromatic carbocycles. The number of hydrogen-bond acceptors (Lipinski definition) is 8. The second kappa shape index (κ2) is 11.6. The van der Waals surface area contributed by atoms with Crippen molar-refractivity contribution in [2.24, 2.45) is 5.92 Å². The molecule has 4 aromatic rings. The number of nitrogens with zero attached hydrogens (tertiary/aromatic N) is 7. The number of aromatic nitrogens is 5. The summed E-state index contributed by atoms with van der Waals surface area (Å²) < 4.78 is 21.4. The van der Waals surface area contributed by atoms with Gasteiger partial charge in [-0.1, -0.05) is 6.07 Å². The minimum Gasteiger partial charge on any atom is -0.493 e. The van der Waals surface area contributed by atoms with Gasteiger partial charge < -0.3 is 19.1 Å². The molecular formula is C31H35N7O4. The lowest BCUT2D eigenvalue weighted by molar-refractivity contribution is -0.137. The van der Waals surface area contributed by atoms with Crippen molar-refractivity contribution in [2.45, 2.75) is 32.5 Å². The molecule has 3 aliphatic rings. The van der Waals surface area contributed by atoms with Gasteiger partial charge in [0.15, 0.2) is 11.5 Å². The molecular weight excluding hydrogens is 534 g/mol. The quantitative estimate of drug-likeness (QED) is 0.370. The first kappa shape index (κ1) is 26.7. The summed E-state index contributed by atoms with van der Waals surface area (Å²) in [7, 11) is 1.63. The fourth-order valence-electron chi connectivity index (χ4n) is 6.19. The summed E-state index contributed by atoms with van der Waals surface area (Å²) >= 11 is 0. The molecule has 0 spiro atoms. The van der Waals surface area contributed by atoms with Gasteiger partial charge >= 0.3 is 0 Å². The molecule has 1 saturated heterocycles. The lowest BCUT2D eigenvalue weighted by Gasteiger charge is -2.30. The lowest BCUT2D eigenvalue weighted by atomic mass is 9.97. The number of benzene rings is 2. The summed E-state index contributed by atoms with van der Waals surface area (Å²) in [6.45, 7) is 5.91. The predicted octanol–water partition coefficient (Wildman–Crippen LogP) is 2.96. The molecule has 1 amide bonds. The van der Waals surface area contributed by atoms with Crippen LogP contribution in [0.15, 0.2) is 55.1 Å². The SMILES string of the molecule is COc1ccc2cc1OCCN(C(=O)C1CCc3ncnn3C1)Cc1cc(CN3CCOCC3)cc(c1)-n1ccnc1-2. The molecule has 5 heterocycles. The highest BCUT2D eigenvalue weighted by molar-refractivity contribution is 5.79. The van der Waals surface area contributed by atoms with Crippen LogP contribution in [-0.2, 0) is 35.6 Å². The van der Waals surface area contributed by atoms with Crippen molar-refractivity contribution >= 4 is 5.91 Å². The Labute approximate surface area is 244 Å². The zero-order valence-electron chi connectivity index (χ0n) is 23.8. The van der Waals surface area contributed by atoms with Crippen molar-refractivity contribution in [1.82, 2.24) is 34.1 Å². The second-order valence-electron chi connectivity index (χ2n) is 11.1. The molecule has 1 unspecified atom stereocenters. The number of fused-ring (bicyclic) bond motifs is 8. The Morgan fingerprint density at radius 1 is 1.07 bits per heavy atom. The highest BCUT2D eigenvalue weighted by Crippen LogP contribution is 2.34. The van der Waals surface area contributed by atoms with Crippen molar-refractivity contribution in [1.29, 1.82) is 0 Å². The molecule has 3 aliphatic heterocycles. The monoisotopic (exact) mass is 569 g/mol. The molecule has 0 aliphatic carbocycles. The first-order valence-corrected chi connectivity index (χ1v) is 14.6. The van der Waals surface area contributed by atoms with Crippen molar-refractivity contribution in [3.05, 3.63) is 72.1 Å². The van der Waals surface area contributed by atoms with Crippen LogP contribution in [0.2, 0.25) is 0 Å². The highest BCUT2D eigenvalue weighted by Gasteiger charge is 2.30. The van der Waals surface area contributed by atoms with Crippen LogP contribution in [0.4, 0.5) is 0 Å². The van der Waals surface area contributed by atoms with Crippen LogP contribution < -0.4 is 9.47 Å². The zero-order valence-corrected chi connectivity index (χ0v) is 23.8. The molecule has 4 bridgehead atoms. The summed E-state index contributed by atoms with van der Waals surface area (Å²) in [6.07, 6.45) is 6.87. The number of carbonyl (C=O) groups excluding carboxylic acids is 1. The third-order valence-corrected chi connectivity index (χ3v) is 8.35. The molecule has 218 valence electrons. The van der Waals surface area contributed by atoms with Gasteiger partial charge in [-0.25, -0.2) is 14.6 Å². The normalized spacial score (nSPS) is 19.0. The summed E-state index contributed by atoms with van der Waals surface area (Å²) in [4.78, 5) is 27.5. The maximum absolute atomic E-state index is 14.1. The Morgan fingerprint density at radius 3 is 2.86 bits per heavy atom. The summed E-state index contributed by atoms with van der Waals surface area (Å²) in [5, 5.41) is 4.34. The number of morpholine rings is 1. The third kappa shape index (κ3) is 5.37. The van der Waals surface area contributed by atoms with Gasteiger partial charge in [-0.15, -0.1) is 0 Å². The van der Waals surface area contributed by atoms with Gasteiger partial charge in [-0.05, 0) is 47.9 Å². The van der Waals surface area contributed by atoms with Gasteiger partial charge in [0, 0.05) is 56.2 Å². The molecule has 0 saturated carbocycles. The minimum atomic E-state index is -0.163. The molecule has 42 heavy (non-hydrogen) atoms. The second-order valence-corrected chi connectivity index (χ2v) is 11.1. The van der Waals surface area contributed by atoms with Gasteiger partial charge in [0.2, 0.25) is 5.91 Å². The molecule has 0 N–H and O–H groups in total. The number of carbonyl (C=O) groups is 1. The van der Waals surface area contributed by atoms with Gasteiger partial charge in [0.1, 0.15) is 24.6 Å². The van der Waals surface area contributed by atoms with Crippen molar-refractivity contribution in [3.63, 3.8) is 0 Å². The van der Waals surface area contributed by atoms with E-state index in [1.807, 2.05) is 40.2 Å². The van der Waals surface area contributed by atoms with Crippen LogP contribution in [0.25, 0.3) is 17.1 Å². The van der Waals surface area contributed by atoms with E-state index >= 15 is 0 Å². The molecule has 7 rings (SSSR count). The van der Waals surface area contributed by atoms with Gasteiger partial charge in [0.25, 0.3) is 0 Å². The van der Waals surface area contributed by atoms with Gasteiger partial charge in [-0.2, -0.15) is 5.10 Å². The van der Waals surface area contributed by atoms with E-state index in [9.17, 15) is 4.79 Å². The average molecular weight is 570 g/mol. The topological polar surface area (TPSA) is 99.8 Å².